The first kappa shape index (κ1) is 11.8. The molecule has 1 aliphatic rings. The predicted molar refractivity (Wildman–Crippen MR) is 70.6 cm³/mol. The van der Waals surface area contributed by atoms with Gasteiger partial charge < -0.3 is 5.73 Å². The van der Waals surface area contributed by atoms with Crippen molar-refractivity contribution in [2.75, 3.05) is 5.73 Å². The number of nitrogens with two attached hydrogens (primary N) is 1. The number of allylic oxidation sites excluding steroid dienone is 4. The molecule has 3 nitrogen and oxygen atoms in total. The topological polar surface area (TPSA) is 51.8 Å². The second-order valence-corrected chi connectivity index (χ2v) is 4.99. The van der Waals surface area contributed by atoms with Gasteiger partial charge in [0.05, 0.1) is 5.69 Å². The van der Waals surface area contributed by atoms with Gasteiger partial charge in [-0.1, -0.05) is 30.7 Å². The van der Waals surface area contributed by atoms with Crippen molar-refractivity contribution in [1.29, 1.82) is 0 Å². The van der Waals surface area contributed by atoms with Gasteiger partial charge in [0.1, 0.15) is 0 Å². The monoisotopic (exact) mass is 229 g/mol. The Morgan fingerprint density at radius 1 is 1.35 bits per heavy atom. The first-order chi connectivity index (χ1) is 7.96. The van der Waals surface area contributed by atoms with Gasteiger partial charge in [0.2, 0.25) is 5.95 Å². The van der Waals surface area contributed by atoms with Crippen molar-refractivity contribution in [3.05, 3.63) is 41.3 Å². The van der Waals surface area contributed by atoms with Crippen molar-refractivity contribution in [2.45, 2.75) is 33.1 Å². The van der Waals surface area contributed by atoms with Crippen LogP contribution in [-0.4, -0.2) is 9.97 Å². The third kappa shape index (κ3) is 1.75. The van der Waals surface area contributed by atoms with Gasteiger partial charge in [-0.05, 0) is 32.3 Å². The summed E-state index contributed by atoms with van der Waals surface area (Å²) in [5.74, 6) is 0.752. The summed E-state index contributed by atoms with van der Waals surface area (Å²) in [5.41, 5.74) is 9.08. The van der Waals surface area contributed by atoms with E-state index in [9.17, 15) is 0 Å². The van der Waals surface area contributed by atoms with Crippen LogP contribution in [0, 0.1) is 12.8 Å². The van der Waals surface area contributed by atoms with E-state index in [1.54, 1.807) is 6.20 Å². The lowest BCUT2D eigenvalue weighted by Crippen LogP contribution is -2.34. The molecule has 1 heterocycles. The number of aryl methyl sites for hydroxylation is 1. The van der Waals surface area contributed by atoms with Crippen molar-refractivity contribution in [3.63, 3.8) is 0 Å². The molecular formula is C14H19N3. The van der Waals surface area contributed by atoms with E-state index in [4.69, 9.17) is 5.73 Å². The standard InChI is InChI=1S/C14H19N3/c1-9-8-16-13(15)17-12(9)14(4)10(2)6-5-7-11(14)3/h5-8,10H,1-4H3,(H2,15,16,17)/t10?,14-/m0/s1. The molecule has 0 aromatic carbocycles. The highest BCUT2D eigenvalue weighted by Gasteiger charge is 2.37. The first-order valence-electron chi connectivity index (χ1n) is 5.91. The average molecular weight is 229 g/mol. The Balaban J connectivity index is 2.62. The van der Waals surface area contributed by atoms with Crippen LogP contribution >= 0.6 is 0 Å². The zero-order valence-corrected chi connectivity index (χ0v) is 10.9. The summed E-state index contributed by atoms with van der Waals surface area (Å²) in [6.07, 6.45) is 8.28. The van der Waals surface area contributed by atoms with E-state index < -0.39 is 0 Å². The van der Waals surface area contributed by atoms with Gasteiger partial charge in [-0.2, -0.15) is 0 Å². The maximum Gasteiger partial charge on any atom is 0.220 e. The molecular weight excluding hydrogens is 210 g/mol. The molecule has 90 valence electrons. The van der Waals surface area contributed by atoms with Crippen LogP contribution in [0.3, 0.4) is 0 Å². The molecule has 17 heavy (non-hydrogen) atoms. The summed E-state index contributed by atoms with van der Waals surface area (Å²) < 4.78 is 0. The summed E-state index contributed by atoms with van der Waals surface area (Å²) in [5, 5.41) is 0. The van der Waals surface area contributed by atoms with E-state index >= 15 is 0 Å². The highest BCUT2D eigenvalue weighted by Crippen LogP contribution is 2.42. The fraction of sp³-hybridized carbons (Fsp3) is 0.429. The molecule has 0 saturated carbocycles. The highest BCUT2D eigenvalue weighted by molar-refractivity contribution is 5.42. The Hall–Kier alpha value is -1.64. The molecule has 1 unspecified atom stereocenters. The zero-order valence-electron chi connectivity index (χ0n) is 10.9. The number of nitrogen functional groups attached to an aromatic ring is 1. The van der Waals surface area contributed by atoms with Crippen molar-refractivity contribution in [2.24, 2.45) is 5.92 Å². The minimum absolute atomic E-state index is 0.0874. The third-order valence-corrected chi connectivity index (χ3v) is 3.96. The minimum atomic E-state index is -0.0874. The molecule has 0 spiro atoms. The Morgan fingerprint density at radius 3 is 2.71 bits per heavy atom. The SMILES string of the molecule is CC1=CC=CC(C)[C@]1(C)c1nc(N)ncc1C. The van der Waals surface area contributed by atoms with E-state index in [2.05, 4.69) is 49.0 Å². The average Bonchev–Trinajstić information content (AvgIpc) is 2.29. The Bertz CT molecular complexity index is 502. The lowest BCUT2D eigenvalue weighted by Gasteiger charge is -2.37. The minimum Gasteiger partial charge on any atom is -0.368 e. The van der Waals surface area contributed by atoms with Crippen molar-refractivity contribution in [3.8, 4) is 0 Å². The maximum absolute atomic E-state index is 5.72. The zero-order chi connectivity index (χ0) is 12.6. The molecule has 1 aromatic rings. The van der Waals surface area contributed by atoms with E-state index in [0.29, 0.717) is 11.9 Å². The lowest BCUT2D eigenvalue weighted by atomic mass is 9.67. The van der Waals surface area contributed by atoms with Crippen molar-refractivity contribution in [1.82, 2.24) is 9.97 Å². The first-order valence-corrected chi connectivity index (χ1v) is 5.91. The van der Waals surface area contributed by atoms with Gasteiger partial charge in [0.25, 0.3) is 0 Å². The molecule has 0 radical (unpaired) electrons. The lowest BCUT2D eigenvalue weighted by molar-refractivity contribution is 0.416. The van der Waals surface area contributed by atoms with Gasteiger partial charge in [-0.15, -0.1) is 0 Å². The molecule has 1 aromatic heterocycles. The second kappa shape index (κ2) is 3.99. The van der Waals surface area contributed by atoms with Gasteiger partial charge in [-0.25, -0.2) is 9.97 Å². The summed E-state index contributed by atoms with van der Waals surface area (Å²) >= 11 is 0. The van der Waals surface area contributed by atoms with E-state index in [-0.39, 0.29) is 5.41 Å². The van der Waals surface area contributed by atoms with Crippen LogP contribution in [-0.2, 0) is 5.41 Å². The van der Waals surface area contributed by atoms with E-state index in [1.807, 2.05) is 6.92 Å². The Morgan fingerprint density at radius 2 is 2.06 bits per heavy atom. The summed E-state index contributed by atoms with van der Waals surface area (Å²) in [7, 11) is 0. The molecule has 0 fully saturated rings. The third-order valence-electron chi connectivity index (χ3n) is 3.96. The van der Waals surface area contributed by atoms with E-state index in [0.717, 1.165) is 11.3 Å². The molecule has 0 saturated heterocycles. The summed E-state index contributed by atoms with van der Waals surface area (Å²) in [6.45, 7) is 8.63. The Kier molecular flexibility index (Phi) is 2.77. The molecule has 2 N–H and O–H groups in total. The fourth-order valence-corrected chi connectivity index (χ4v) is 2.48. The van der Waals surface area contributed by atoms with Crippen LogP contribution in [0.1, 0.15) is 32.0 Å². The Labute approximate surface area is 102 Å². The van der Waals surface area contributed by atoms with Gasteiger partial charge in [-0.3, -0.25) is 0 Å². The number of rotatable bonds is 1. The molecule has 0 amide bonds. The molecule has 2 rings (SSSR count). The van der Waals surface area contributed by atoms with Crippen LogP contribution in [0.2, 0.25) is 0 Å². The normalized spacial score (nSPS) is 28.0. The van der Waals surface area contributed by atoms with Crippen LogP contribution < -0.4 is 5.73 Å². The second-order valence-electron chi connectivity index (χ2n) is 4.99. The maximum atomic E-state index is 5.72. The molecule has 3 heteroatoms. The van der Waals surface area contributed by atoms with Gasteiger partial charge in [0.15, 0.2) is 0 Å². The molecule has 0 aliphatic heterocycles. The largest absolute Gasteiger partial charge is 0.368 e. The predicted octanol–water partition coefficient (Wildman–Crippen LogP) is 2.78. The number of hydrogen-bond donors (Lipinski definition) is 1. The summed E-state index contributed by atoms with van der Waals surface area (Å²) in [6, 6.07) is 0. The summed E-state index contributed by atoms with van der Waals surface area (Å²) in [4.78, 5) is 8.51. The van der Waals surface area contributed by atoms with E-state index in [1.165, 1.54) is 5.57 Å². The highest BCUT2D eigenvalue weighted by atomic mass is 15.0. The number of hydrogen-bond acceptors (Lipinski definition) is 3. The molecule has 1 aliphatic carbocycles. The van der Waals surface area contributed by atoms with Crippen molar-refractivity contribution >= 4 is 5.95 Å². The smallest absolute Gasteiger partial charge is 0.220 e. The fourth-order valence-electron chi connectivity index (χ4n) is 2.48. The number of nitrogens with zero attached hydrogens (tertiary/aromatic N) is 2. The van der Waals surface area contributed by atoms with Gasteiger partial charge >= 0.3 is 0 Å². The number of aromatic nitrogens is 2. The van der Waals surface area contributed by atoms with Crippen LogP contribution in [0.15, 0.2) is 30.0 Å². The number of anilines is 1. The quantitative estimate of drug-likeness (QED) is 0.805. The molecule has 2 atom stereocenters. The van der Waals surface area contributed by atoms with Crippen LogP contribution in [0.4, 0.5) is 5.95 Å². The van der Waals surface area contributed by atoms with Gasteiger partial charge in [0, 0.05) is 11.6 Å². The van der Waals surface area contributed by atoms with Crippen LogP contribution in [0.25, 0.3) is 0 Å². The molecule has 0 bridgehead atoms. The van der Waals surface area contributed by atoms with Crippen LogP contribution in [0.5, 0.6) is 0 Å². The van der Waals surface area contributed by atoms with Crippen molar-refractivity contribution < 1.29 is 0 Å².